The van der Waals surface area contributed by atoms with Crippen molar-refractivity contribution in [2.24, 2.45) is 0 Å². The lowest BCUT2D eigenvalue weighted by atomic mass is 10.1. The Labute approximate surface area is 145 Å². The van der Waals surface area contributed by atoms with E-state index in [0.29, 0.717) is 28.6 Å². The number of ether oxygens (including phenoxy) is 1. The Morgan fingerprint density at radius 3 is 2.57 bits per heavy atom. The largest absolute Gasteiger partial charge is 0.449 e. The van der Waals surface area contributed by atoms with Crippen LogP contribution in [0.5, 0.6) is 0 Å². The molecule has 0 fully saturated rings. The van der Waals surface area contributed by atoms with Crippen molar-refractivity contribution in [1.29, 1.82) is 0 Å². The number of benzene rings is 2. The number of aliphatic hydroxyl groups excluding tert-OH is 1. The molecule has 0 aliphatic rings. The predicted octanol–water partition coefficient (Wildman–Crippen LogP) is 5.06. The molecule has 2 aromatic carbocycles. The minimum absolute atomic E-state index is 0.219. The van der Waals surface area contributed by atoms with Crippen molar-refractivity contribution in [2.75, 3.05) is 11.9 Å². The second-order valence-electron chi connectivity index (χ2n) is 4.96. The fourth-order valence-corrected chi connectivity index (χ4v) is 2.31. The fraction of sp³-hybridized carbons (Fsp3) is 0.235. The molecular weight excluding hydrogens is 337 g/mol. The minimum atomic E-state index is -0.572. The Bertz CT molecular complexity index is 650. The first-order valence-corrected chi connectivity index (χ1v) is 7.93. The molecular formula is C17H17Cl2NO3. The van der Waals surface area contributed by atoms with Gasteiger partial charge in [-0.3, -0.25) is 5.32 Å². The van der Waals surface area contributed by atoms with Gasteiger partial charge in [-0.15, -0.1) is 0 Å². The Balaban J connectivity index is 1.69. The number of hydrogen-bond donors (Lipinski definition) is 2. The molecule has 4 nitrogen and oxygen atoms in total. The molecule has 0 aromatic heterocycles. The van der Waals surface area contributed by atoms with Gasteiger partial charge in [0, 0.05) is 5.69 Å². The molecule has 0 radical (unpaired) electrons. The van der Waals surface area contributed by atoms with E-state index in [1.807, 2.05) is 30.3 Å². The zero-order chi connectivity index (χ0) is 16.7. The highest BCUT2D eigenvalue weighted by molar-refractivity contribution is 6.42. The van der Waals surface area contributed by atoms with Crippen LogP contribution in [-0.2, 0) is 4.74 Å². The van der Waals surface area contributed by atoms with Crippen LogP contribution in [0.25, 0.3) is 0 Å². The van der Waals surface area contributed by atoms with Gasteiger partial charge in [0.1, 0.15) is 0 Å². The molecule has 0 saturated carbocycles. The molecule has 2 aromatic rings. The van der Waals surface area contributed by atoms with E-state index in [4.69, 9.17) is 27.9 Å². The molecule has 2 N–H and O–H groups in total. The van der Waals surface area contributed by atoms with Gasteiger partial charge in [-0.2, -0.15) is 0 Å². The van der Waals surface area contributed by atoms with Crippen LogP contribution in [0.2, 0.25) is 10.0 Å². The number of aliphatic hydroxyl groups is 1. The third-order valence-electron chi connectivity index (χ3n) is 3.21. The first-order valence-electron chi connectivity index (χ1n) is 7.18. The van der Waals surface area contributed by atoms with E-state index in [1.54, 1.807) is 18.2 Å². The van der Waals surface area contributed by atoms with E-state index in [2.05, 4.69) is 5.32 Å². The normalized spacial score (nSPS) is 11.8. The van der Waals surface area contributed by atoms with Crippen LogP contribution >= 0.6 is 23.2 Å². The van der Waals surface area contributed by atoms with Gasteiger partial charge >= 0.3 is 6.09 Å². The molecule has 0 bridgehead atoms. The molecule has 122 valence electrons. The van der Waals surface area contributed by atoms with E-state index >= 15 is 0 Å². The van der Waals surface area contributed by atoms with Gasteiger partial charge in [0.15, 0.2) is 0 Å². The average molecular weight is 354 g/mol. The van der Waals surface area contributed by atoms with Crippen LogP contribution in [0, 0.1) is 0 Å². The topological polar surface area (TPSA) is 58.6 Å². The number of carbonyl (C=O) groups excluding carboxylic acids is 1. The van der Waals surface area contributed by atoms with E-state index in [9.17, 15) is 9.90 Å². The highest BCUT2D eigenvalue weighted by Gasteiger charge is 2.08. The smallest absolute Gasteiger partial charge is 0.411 e. The maximum atomic E-state index is 11.7. The summed E-state index contributed by atoms with van der Waals surface area (Å²) in [5, 5.41) is 13.3. The first-order chi connectivity index (χ1) is 11.1. The highest BCUT2D eigenvalue weighted by Crippen LogP contribution is 2.25. The lowest BCUT2D eigenvalue weighted by molar-refractivity contribution is 0.133. The Morgan fingerprint density at radius 2 is 1.87 bits per heavy atom. The molecule has 0 saturated heterocycles. The fourth-order valence-electron chi connectivity index (χ4n) is 2.01. The molecule has 0 aliphatic heterocycles. The first kappa shape index (κ1) is 17.6. The molecule has 2 rings (SSSR count). The maximum Gasteiger partial charge on any atom is 0.411 e. The molecule has 1 unspecified atom stereocenters. The monoisotopic (exact) mass is 353 g/mol. The third kappa shape index (κ3) is 5.75. The van der Waals surface area contributed by atoms with Crippen LogP contribution in [0.4, 0.5) is 10.5 Å². The zero-order valence-electron chi connectivity index (χ0n) is 12.3. The van der Waals surface area contributed by atoms with Crippen molar-refractivity contribution >= 4 is 35.0 Å². The number of hydrogen-bond acceptors (Lipinski definition) is 3. The van der Waals surface area contributed by atoms with Crippen LogP contribution in [0.3, 0.4) is 0 Å². The second kappa shape index (κ2) is 8.77. The molecule has 0 spiro atoms. The Hall–Kier alpha value is -1.75. The number of carbonyl (C=O) groups is 1. The third-order valence-corrected chi connectivity index (χ3v) is 3.94. The van der Waals surface area contributed by atoms with Gasteiger partial charge in [-0.05, 0) is 36.6 Å². The Morgan fingerprint density at radius 1 is 1.13 bits per heavy atom. The summed E-state index contributed by atoms with van der Waals surface area (Å²) in [6.45, 7) is 0.219. The summed E-state index contributed by atoms with van der Waals surface area (Å²) in [4.78, 5) is 11.7. The highest BCUT2D eigenvalue weighted by atomic mass is 35.5. The van der Waals surface area contributed by atoms with Gasteiger partial charge in [0.25, 0.3) is 0 Å². The van der Waals surface area contributed by atoms with Gasteiger partial charge in [0.05, 0.1) is 22.8 Å². The average Bonchev–Trinajstić information content (AvgIpc) is 2.55. The van der Waals surface area contributed by atoms with Crippen molar-refractivity contribution in [2.45, 2.75) is 18.9 Å². The standard InChI is InChI=1S/C17H17Cl2NO3/c18-14-9-8-13(11-15(14)19)20-17(22)23-10-4-7-16(21)12-5-2-1-3-6-12/h1-3,5-6,8-9,11,16,21H,4,7,10H2,(H,20,22). The minimum Gasteiger partial charge on any atom is -0.449 e. The van der Waals surface area contributed by atoms with E-state index < -0.39 is 12.2 Å². The summed E-state index contributed by atoms with van der Waals surface area (Å²) in [6, 6.07) is 14.1. The SMILES string of the molecule is O=C(Nc1ccc(Cl)c(Cl)c1)OCCCC(O)c1ccccc1. The Kier molecular flexibility index (Phi) is 6.71. The quantitative estimate of drug-likeness (QED) is 0.713. The van der Waals surface area contributed by atoms with Crippen LogP contribution in [0.1, 0.15) is 24.5 Å². The number of anilines is 1. The summed E-state index contributed by atoms with van der Waals surface area (Å²) < 4.78 is 5.07. The van der Waals surface area contributed by atoms with Crippen molar-refractivity contribution in [3.8, 4) is 0 Å². The number of amides is 1. The van der Waals surface area contributed by atoms with Gasteiger partial charge in [-0.25, -0.2) is 4.79 Å². The summed E-state index contributed by atoms with van der Waals surface area (Å²) in [6.07, 6.45) is -0.0509. The zero-order valence-corrected chi connectivity index (χ0v) is 13.8. The number of halogens is 2. The summed E-state index contributed by atoms with van der Waals surface area (Å²) >= 11 is 11.7. The summed E-state index contributed by atoms with van der Waals surface area (Å²) in [5.74, 6) is 0. The van der Waals surface area contributed by atoms with Gasteiger partial charge in [0.2, 0.25) is 0 Å². The van der Waals surface area contributed by atoms with Crippen molar-refractivity contribution in [1.82, 2.24) is 0 Å². The molecule has 0 aliphatic carbocycles. The molecule has 1 atom stereocenters. The molecule has 1 amide bonds. The van der Waals surface area contributed by atoms with E-state index in [0.717, 1.165) is 5.56 Å². The summed E-state index contributed by atoms with van der Waals surface area (Å²) in [5.41, 5.74) is 1.36. The molecule has 23 heavy (non-hydrogen) atoms. The van der Waals surface area contributed by atoms with Crippen molar-refractivity contribution < 1.29 is 14.6 Å². The van der Waals surface area contributed by atoms with E-state index in [1.165, 1.54) is 0 Å². The molecule has 0 heterocycles. The summed E-state index contributed by atoms with van der Waals surface area (Å²) in [7, 11) is 0. The van der Waals surface area contributed by atoms with Crippen LogP contribution in [-0.4, -0.2) is 17.8 Å². The number of rotatable bonds is 6. The number of nitrogens with one attached hydrogen (secondary N) is 1. The molecule has 6 heteroatoms. The van der Waals surface area contributed by atoms with Crippen molar-refractivity contribution in [3.05, 3.63) is 64.1 Å². The predicted molar refractivity (Wildman–Crippen MR) is 92.1 cm³/mol. The van der Waals surface area contributed by atoms with Gasteiger partial charge in [-0.1, -0.05) is 53.5 Å². The lowest BCUT2D eigenvalue weighted by Crippen LogP contribution is -2.14. The second-order valence-corrected chi connectivity index (χ2v) is 5.77. The van der Waals surface area contributed by atoms with Crippen LogP contribution < -0.4 is 5.32 Å². The van der Waals surface area contributed by atoms with E-state index in [-0.39, 0.29) is 6.61 Å². The van der Waals surface area contributed by atoms with Crippen molar-refractivity contribution in [3.63, 3.8) is 0 Å². The van der Waals surface area contributed by atoms with Crippen LogP contribution in [0.15, 0.2) is 48.5 Å². The lowest BCUT2D eigenvalue weighted by Gasteiger charge is -2.11. The van der Waals surface area contributed by atoms with Gasteiger partial charge < -0.3 is 9.84 Å². The maximum absolute atomic E-state index is 11.7.